The van der Waals surface area contributed by atoms with Gasteiger partial charge in [0.1, 0.15) is 0 Å². The van der Waals surface area contributed by atoms with Gasteiger partial charge in [-0.25, -0.2) is 0 Å². The van der Waals surface area contributed by atoms with Crippen LogP contribution in [-0.4, -0.2) is 64.9 Å². The van der Waals surface area contributed by atoms with Crippen LogP contribution < -0.4 is 0 Å². The Labute approximate surface area is 143 Å². The van der Waals surface area contributed by atoms with Gasteiger partial charge in [-0.15, -0.1) is 0 Å². The van der Waals surface area contributed by atoms with E-state index < -0.39 is 13.1 Å². The summed E-state index contributed by atoms with van der Waals surface area (Å²) in [6, 6.07) is 3.91. The predicted octanol–water partition coefficient (Wildman–Crippen LogP) is 0.687. The summed E-state index contributed by atoms with van der Waals surface area (Å²) in [5.74, 6) is -1.04. The molecular weight excluding hydrogens is 307 g/mol. The second-order valence-corrected chi connectivity index (χ2v) is 6.65. The highest BCUT2D eigenvalue weighted by Crippen LogP contribution is 2.20. The summed E-state index contributed by atoms with van der Waals surface area (Å²) in [6.07, 6.45) is 1.30. The van der Waals surface area contributed by atoms with Crippen molar-refractivity contribution in [2.45, 2.75) is 39.6 Å². The Morgan fingerprint density at radius 1 is 1.25 bits per heavy atom. The number of likely N-dealkylation sites (tertiary alicyclic amines) is 1. The Morgan fingerprint density at radius 3 is 2.38 bits per heavy atom. The highest BCUT2D eigenvalue weighted by Gasteiger charge is 2.37. The maximum atomic E-state index is 12.7. The molecule has 1 aliphatic rings. The summed E-state index contributed by atoms with van der Waals surface area (Å²) in [4.78, 5) is 28.0. The van der Waals surface area contributed by atoms with Crippen LogP contribution in [0, 0.1) is 20.8 Å². The lowest BCUT2D eigenvalue weighted by Gasteiger charge is -2.27. The first-order valence-electron chi connectivity index (χ1n) is 8.21. The topological polar surface area (TPSA) is 81.1 Å². The minimum atomic E-state index is -1.54. The zero-order chi connectivity index (χ0) is 18.0. The SMILES string of the molecule is Cc1cc(C)c(C(=O)N(C)CC(=O)N2CCCC2B(O)O)c(C)c1. The van der Waals surface area contributed by atoms with Gasteiger partial charge in [-0.2, -0.15) is 0 Å². The number of nitrogens with zero attached hydrogens (tertiary/aromatic N) is 2. The Hall–Kier alpha value is -1.86. The Balaban J connectivity index is 2.11. The van der Waals surface area contributed by atoms with Crippen LogP contribution in [-0.2, 0) is 4.79 Å². The predicted molar refractivity (Wildman–Crippen MR) is 92.5 cm³/mol. The largest absolute Gasteiger partial charge is 0.475 e. The molecule has 0 spiro atoms. The average molecular weight is 332 g/mol. The number of rotatable bonds is 4. The van der Waals surface area contributed by atoms with Crippen LogP contribution in [0.4, 0.5) is 0 Å². The maximum absolute atomic E-state index is 12.7. The van der Waals surface area contributed by atoms with Crippen molar-refractivity contribution in [3.8, 4) is 0 Å². The van der Waals surface area contributed by atoms with E-state index in [4.69, 9.17) is 0 Å². The first-order valence-corrected chi connectivity index (χ1v) is 8.21. The maximum Gasteiger partial charge on any atom is 0.475 e. The van der Waals surface area contributed by atoms with Crippen LogP contribution in [0.5, 0.6) is 0 Å². The molecular formula is C17H25BN2O4. The number of carbonyl (C=O) groups is 2. The minimum absolute atomic E-state index is 0.0746. The van der Waals surface area contributed by atoms with Crippen molar-refractivity contribution in [2.24, 2.45) is 0 Å². The number of aryl methyl sites for hydroxylation is 3. The quantitative estimate of drug-likeness (QED) is 0.795. The number of carbonyl (C=O) groups excluding carboxylic acids is 2. The van der Waals surface area contributed by atoms with E-state index in [1.54, 1.807) is 7.05 Å². The van der Waals surface area contributed by atoms with Gasteiger partial charge in [0, 0.05) is 19.2 Å². The van der Waals surface area contributed by atoms with Crippen molar-refractivity contribution >= 4 is 18.9 Å². The van der Waals surface area contributed by atoms with Gasteiger partial charge in [0.2, 0.25) is 5.91 Å². The molecule has 2 rings (SSSR count). The van der Waals surface area contributed by atoms with Crippen molar-refractivity contribution in [1.82, 2.24) is 9.80 Å². The van der Waals surface area contributed by atoms with Crippen LogP contribution in [0.2, 0.25) is 0 Å². The van der Waals surface area contributed by atoms with E-state index in [1.165, 1.54) is 9.80 Å². The monoisotopic (exact) mass is 332 g/mol. The third-order valence-corrected chi connectivity index (χ3v) is 4.57. The number of benzene rings is 1. The fourth-order valence-corrected chi connectivity index (χ4v) is 3.49. The molecule has 0 saturated carbocycles. The second-order valence-electron chi connectivity index (χ2n) is 6.65. The van der Waals surface area contributed by atoms with Gasteiger partial charge in [-0.1, -0.05) is 17.7 Å². The molecule has 6 nitrogen and oxygen atoms in total. The molecule has 24 heavy (non-hydrogen) atoms. The summed E-state index contributed by atoms with van der Waals surface area (Å²) in [6.45, 7) is 6.18. The molecule has 130 valence electrons. The van der Waals surface area contributed by atoms with Gasteiger partial charge in [-0.05, 0) is 44.7 Å². The Kier molecular flexibility index (Phi) is 5.67. The lowest BCUT2D eigenvalue weighted by molar-refractivity contribution is -0.131. The number of hydrogen-bond acceptors (Lipinski definition) is 4. The van der Waals surface area contributed by atoms with Crippen LogP contribution in [0.15, 0.2) is 12.1 Å². The highest BCUT2D eigenvalue weighted by atomic mass is 16.4. The molecule has 1 saturated heterocycles. The van der Waals surface area contributed by atoms with Gasteiger partial charge in [0.05, 0.1) is 12.5 Å². The third-order valence-electron chi connectivity index (χ3n) is 4.57. The van der Waals surface area contributed by atoms with E-state index in [0.29, 0.717) is 18.5 Å². The van der Waals surface area contributed by atoms with Crippen molar-refractivity contribution in [2.75, 3.05) is 20.1 Å². The van der Waals surface area contributed by atoms with Gasteiger partial charge in [-0.3, -0.25) is 9.59 Å². The first-order chi connectivity index (χ1) is 11.2. The molecule has 1 unspecified atom stereocenters. The van der Waals surface area contributed by atoms with Gasteiger partial charge in [0.15, 0.2) is 0 Å². The third kappa shape index (κ3) is 3.79. The number of amides is 2. The van der Waals surface area contributed by atoms with Crippen molar-refractivity contribution in [3.63, 3.8) is 0 Å². The van der Waals surface area contributed by atoms with Crippen molar-refractivity contribution < 1.29 is 19.6 Å². The molecule has 2 amide bonds. The standard InChI is InChI=1S/C17H25BN2O4/c1-11-8-12(2)16(13(3)9-11)17(22)19(4)10-15(21)20-7-5-6-14(20)18(23)24/h8-9,14,23-24H,5-7,10H2,1-4H3. The van der Waals surface area contributed by atoms with Gasteiger partial charge in [0.25, 0.3) is 5.91 Å². The van der Waals surface area contributed by atoms with E-state index in [2.05, 4.69) is 0 Å². The van der Waals surface area contributed by atoms with Crippen molar-refractivity contribution in [1.29, 1.82) is 0 Å². The normalized spacial score (nSPS) is 17.1. The molecule has 0 bridgehead atoms. The number of hydrogen-bond donors (Lipinski definition) is 2. The van der Waals surface area contributed by atoms with Crippen LogP contribution in [0.1, 0.15) is 39.9 Å². The molecule has 2 N–H and O–H groups in total. The lowest BCUT2D eigenvalue weighted by Crippen LogP contribution is -2.49. The minimum Gasteiger partial charge on any atom is -0.426 e. The number of likely N-dealkylation sites (N-methyl/N-ethyl adjacent to an activating group) is 1. The summed E-state index contributed by atoms with van der Waals surface area (Å²) < 4.78 is 0. The van der Waals surface area contributed by atoms with E-state index in [9.17, 15) is 19.6 Å². The molecule has 1 fully saturated rings. The van der Waals surface area contributed by atoms with E-state index in [1.807, 2.05) is 32.9 Å². The molecule has 1 heterocycles. The van der Waals surface area contributed by atoms with Gasteiger partial charge < -0.3 is 19.8 Å². The van der Waals surface area contributed by atoms with Crippen LogP contribution in [0.25, 0.3) is 0 Å². The molecule has 0 aliphatic carbocycles. The summed E-state index contributed by atoms with van der Waals surface area (Å²) in [7, 11) is 0.0541. The second kappa shape index (κ2) is 7.36. The summed E-state index contributed by atoms with van der Waals surface area (Å²) in [5, 5.41) is 18.7. The fourth-order valence-electron chi connectivity index (χ4n) is 3.49. The zero-order valence-corrected chi connectivity index (χ0v) is 14.7. The lowest BCUT2D eigenvalue weighted by atomic mass is 9.78. The molecule has 1 aromatic rings. The molecule has 0 radical (unpaired) electrons. The van der Waals surface area contributed by atoms with Gasteiger partial charge >= 0.3 is 7.12 Å². The van der Waals surface area contributed by atoms with Crippen LogP contribution in [0.3, 0.4) is 0 Å². The Morgan fingerprint density at radius 2 is 1.83 bits per heavy atom. The summed E-state index contributed by atoms with van der Waals surface area (Å²) in [5.41, 5.74) is 3.50. The molecule has 0 aromatic heterocycles. The van der Waals surface area contributed by atoms with E-state index in [-0.39, 0.29) is 18.4 Å². The van der Waals surface area contributed by atoms with E-state index >= 15 is 0 Å². The highest BCUT2D eigenvalue weighted by molar-refractivity contribution is 6.43. The van der Waals surface area contributed by atoms with Crippen molar-refractivity contribution in [3.05, 3.63) is 34.4 Å². The molecule has 1 aromatic carbocycles. The molecule has 1 aliphatic heterocycles. The fraction of sp³-hybridized carbons (Fsp3) is 0.529. The molecule has 1 atom stereocenters. The van der Waals surface area contributed by atoms with E-state index in [0.717, 1.165) is 23.1 Å². The Bertz CT molecular complexity index is 624. The first kappa shape index (κ1) is 18.5. The zero-order valence-electron chi connectivity index (χ0n) is 14.7. The smallest absolute Gasteiger partial charge is 0.426 e. The van der Waals surface area contributed by atoms with Crippen LogP contribution >= 0.6 is 0 Å². The summed E-state index contributed by atoms with van der Waals surface area (Å²) >= 11 is 0. The molecule has 7 heteroatoms. The average Bonchev–Trinajstić information content (AvgIpc) is 2.95.